The summed E-state index contributed by atoms with van der Waals surface area (Å²) in [7, 11) is 0. The molecule has 2 aromatic rings. The van der Waals surface area contributed by atoms with Gasteiger partial charge in [0, 0.05) is 23.0 Å². The second-order valence-corrected chi connectivity index (χ2v) is 4.94. The Morgan fingerprint density at radius 2 is 2.24 bits per heavy atom. The van der Waals surface area contributed by atoms with Crippen LogP contribution in [0.3, 0.4) is 0 Å². The number of hydrogen-bond acceptors (Lipinski definition) is 3. The Hall–Kier alpha value is -1.26. The Labute approximate surface area is 107 Å². The molecule has 0 atom stereocenters. The highest BCUT2D eigenvalue weighted by molar-refractivity contribution is 7.09. The van der Waals surface area contributed by atoms with Crippen molar-refractivity contribution < 1.29 is 9.18 Å². The lowest BCUT2D eigenvalue weighted by molar-refractivity contribution is -0.117. The summed E-state index contributed by atoms with van der Waals surface area (Å²) >= 11 is 7.29. The van der Waals surface area contributed by atoms with Gasteiger partial charge in [-0.3, -0.25) is 4.79 Å². The topological polar surface area (TPSA) is 30.0 Å². The van der Waals surface area contributed by atoms with Crippen LogP contribution in [0.2, 0.25) is 5.02 Å². The van der Waals surface area contributed by atoms with Crippen LogP contribution in [0, 0.1) is 5.82 Å². The number of hydrogen-bond donors (Lipinski definition) is 0. The Morgan fingerprint density at radius 3 is 2.88 bits per heavy atom. The van der Waals surface area contributed by atoms with Crippen LogP contribution in [0.25, 0.3) is 0 Å². The summed E-state index contributed by atoms with van der Waals surface area (Å²) in [6.45, 7) is 0. The monoisotopic (exact) mass is 269 g/mol. The summed E-state index contributed by atoms with van der Waals surface area (Å²) in [5, 5.41) is 2.90. The number of thiazole rings is 1. The van der Waals surface area contributed by atoms with E-state index in [1.54, 1.807) is 6.20 Å². The van der Waals surface area contributed by atoms with Crippen LogP contribution in [0.5, 0.6) is 0 Å². The Bertz CT molecular complexity index is 527. The highest BCUT2D eigenvalue weighted by atomic mass is 35.5. The minimum absolute atomic E-state index is 0.0217. The van der Waals surface area contributed by atoms with Crippen LogP contribution in [0.4, 0.5) is 4.39 Å². The van der Waals surface area contributed by atoms with Gasteiger partial charge in [-0.25, -0.2) is 9.37 Å². The summed E-state index contributed by atoms with van der Waals surface area (Å²) in [4.78, 5) is 15.8. The molecule has 17 heavy (non-hydrogen) atoms. The van der Waals surface area contributed by atoms with Crippen LogP contribution < -0.4 is 0 Å². The zero-order valence-electron chi connectivity index (χ0n) is 8.82. The third-order valence-corrected chi connectivity index (χ3v) is 3.37. The van der Waals surface area contributed by atoms with Crippen LogP contribution in [-0.4, -0.2) is 10.8 Å². The zero-order chi connectivity index (χ0) is 12.3. The van der Waals surface area contributed by atoms with E-state index in [4.69, 9.17) is 11.6 Å². The number of Topliss-reactive ketones (excluding diaryl/α,β-unsaturated/α-hetero) is 1. The molecule has 1 heterocycles. The quantitative estimate of drug-likeness (QED) is 0.852. The molecular weight excluding hydrogens is 261 g/mol. The van der Waals surface area contributed by atoms with Crippen molar-refractivity contribution in [2.45, 2.75) is 12.8 Å². The highest BCUT2D eigenvalue weighted by Crippen LogP contribution is 2.18. The average Bonchev–Trinajstić information content (AvgIpc) is 2.75. The molecule has 5 heteroatoms. The van der Waals surface area contributed by atoms with Crippen molar-refractivity contribution in [2.24, 2.45) is 0 Å². The van der Waals surface area contributed by atoms with Gasteiger partial charge in [0.1, 0.15) is 11.6 Å². The molecule has 0 radical (unpaired) electrons. The van der Waals surface area contributed by atoms with Crippen LogP contribution in [-0.2, 0) is 17.6 Å². The molecule has 0 unspecified atom stereocenters. The largest absolute Gasteiger partial charge is 0.299 e. The summed E-state index contributed by atoms with van der Waals surface area (Å²) in [5.41, 5.74) is 0.648. The van der Waals surface area contributed by atoms with Crippen LogP contribution in [0.15, 0.2) is 29.8 Å². The van der Waals surface area contributed by atoms with Crippen LogP contribution >= 0.6 is 22.9 Å². The predicted octanol–water partition coefficient (Wildman–Crippen LogP) is 3.29. The molecule has 88 valence electrons. The summed E-state index contributed by atoms with van der Waals surface area (Å²) in [6.07, 6.45) is 2.17. The molecule has 0 saturated carbocycles. The lowest BCUT2D eigenvalue weighted by Gasteiger charge is -2.02. The second-order valence-electron chi connectivity index (χ2n) is 3.55. The third-order valence-electron chi connectivity index (χ3n) is 2.23. The van der Waals surface area contributed by atoms with E-state index in [0.717, 1.165) is 5.01 Å². The highest BCUT2D eigenvalue weighted by Gasteiger charge is 2.10. The fraction of sp³-hybridized carbons (Fsp3) is 0.167. The van der Waals surface area contributed by atoms with Gasteiger partial charge in [0.05, 0.1) is 11.4 Å². The SMILES string of the molecule is O=C(Cc1nccs1)Cc1ccc(F)cc1Cl. The van der Waals surface area contributed by atoms with Crippen molar-refractivity contribution in [2.75, 3.05) is 0 Å². The van der Waals surface area contributed by atoms with Gasteiger partial charge in [0.15, 0.2) is 0 Å². The molecule has 0 spiro atoms. The van der Waals surface area contributed by atoms with E-state index in [-0.39, 0.29) is 17.2 Å². The molecule has 0 saturated heterocycles. The smallest absolute Gasteiger partial charge is 0.144 e. The molecule has 0 aliphatic carbocycles. The number of aromatic nitrogens is 1. The number of rotatable bonds is 4. The number of ketones is 1. The average molecular weight is 270 g/mol. The summed E-state index contributed by atoms with van der Waals surface area (Å²) < 4.78 is 12.8. The minimum Gasteiger partial charge on any atom is -0.299 e. The van der Waals surface area contributed by atoms with E-state index in [0.29, 0.717) is 12.0 Å². The Kier molecular flexibility index (Phi) is 3.86. The predicted molar refractivity (Wildman–Crippen MR) is 65.9 cm³/mol. The molecule has 0 fully saturated rings. The summed E-state index contributed by atoms with van der Waals surface area (Å²) in [6, 6.07) is 4.06. The van der Waals surface area contributed by atoms with E-state index in [1.807, 2.05) is 5.38 Å². The van der Waals surface area contributed by atoms with E-state index in [9.17, 15) is 9.18 Å². The zero-order valence-corrected chi connectivity index (χ0v) is 10.4. The molecule has 2 rings (SSSR count). The van der Waals surface area contributed by atoms with Crippen molar-refractivity contribution >= 4 is 28.7 Å². The van der Waals surface area contributed by atoms with Gasteiger partial charge in [-0.1, -0.05) is 17.7 Å². The standard InChI is InChI=1S/C12H9ClFNOS/c13-11-6-9(14)2-1-8(11)5-10(16)7-12-15-3-4-17-12/h1-4,6H,5,7H2. The third kappa shape index (κ3) is 3.35. The second kappa shape index (κ2) is 5.38. The first-order valence-corrected chi connectivity index (χ1v) is 6.25. The van der Waals surface area contributed by atoms with Gasteiger partial charge in [0.25, 0.3) is 0 Å². The maximum atomic E-state index is 12.8. The number of nitrogens with zero attached hydrogens (tertiary/aromatic N) is 1. The fourth-order valence-corrected chi connectivity index (χ4v) is 2.33. The minimum atomic E-state index is -0.397. The molecule has 1 aromatic carbocycles. The molecular formula is C12H9ClFNOS. The lowest BCUT2D eigenvalue weighted by Crippen LogP contribution is -2.06. The maximum Gasteiger partial charge on any atom is 0.144 e. The number of halogens is 2. The van der Waals surface area contributed by atoms with Gasteiger partial charge >= 0.3 is 0 Å². The lowest BCUT2D eigenvalue weighted by atomic mass is 10.1. The van der Waals surface area contributed by atoms with Crippen molar-refractivity contribution in [1.29, 1.82) is 0 Å². The van der Waals surface area contributed by atoms with Crippen molar-refractivity contribution in [3.8, 4) is 0 Å². The summed E-state index contributed by atoms with van der Waals surface area (Å²) in [5.74, 6) is -0.375. The number of carbonyl (C=O) groups is 1. The first-order valence-electron chi connectivity index (χ1n) is 4.99. The first-order chi connectivity index (χ1) is 8.15. The van der Waals surface area contributed by atoms with Gasteiger partial charge in [-0.15, -0.1) is 11.3 Å². The van der Waals surface area contributed by atoms with Gasteiger partial charge in [0.2, 0.25) is 0 Å². The van der Waals surface area contributed by atoms with Crippen molar-refractivity contribution in [3.05, 3.63) is 51.2 Å². The molecule has 0 amide bonds. The molecule has 0 N–H and O–H groups in total. The fourth-order valence-electron chi connectivity index (χ4n) is 1.45. The number of carbonyl (C=O) groups excluding carboxylic acids is 1. The van der Waals surface area contributed by atoms with Gasteiger partial charge in [-0.2, -0.15) is 0 Å². The molecule has 2 nitrogen and oxygen atoms in total. The first kappa shape index (κ1) is 12.2. The van der Waals surface area contributed by atoms with Gasteiger partial charge < -0.3 is 0 Å². The normalized spacial score (nSPS) is 10.5. The Balaban J connectivity index is 2.03. The van der Waals surface area contributed by atoms with E-state index in [2.05, 4.69) is 4.98 Å². The van der Waals surface area contributed by atoms with E-state index < -0.39 is 5.82 Å². The molecule has 0 bridgehead atoms. The number of benzene rings is 1. The van der Waals surface area contributed by atoms with E-state index >= 15 is 0 Å². The van der Waals surface area contributed by atoms with Crippen LogP contribution in [0.1, 0.15) is 10.6 Å². The van der Waals surface area contributed by atoms with Crippen molar-refractivity contribution in [1.82, 2.24) is 4.98 Å². The molecule has 1 aromatic heterocycles. The molecule has 0 aliphatic rings. The van der Waals surface area contributed by atoms with Crippen molar-refractivity contribution in [3.63, 3.8) is 0 Å². The van der Waals surface area contributed by atoms with E-state index in [1.165, 1.54) is 29.5 Å². The maximum absolute atomic E-state index is 12.8. The van der Waals surface area contributed by atoms with Gasteiger partial charge in [-0.05, 0) is 17.7 Å². The Morgan fingerprint density at radius 1 is 1.41 bits per heavy atom. The molecule has 0 aliphatic heterocycles.